The van der Waals surface area contributed by atoms with Gasteiger partial charge in [0.1, 0.15) is 5.69 Å². The Morgan fingerprint density at radius 1 is 1.11 bits per heavy atom. The number of rotatable bonds is 4. The first-order chi connectivity index (χ1) is 13.7. The molecule has 0 atom stereocenters. The Labute approximate surface area is 161 Å². The molecular formula is C19H19N7O2. The zero-order valence-corrected chi connectivity index (χ0v) is 15.1. The molecule has 2 amide bonds. The number of amides is 2. The Bertz CT molecular complexity index is 951. The average molecular weight is 377 g/mol. The Hall–Kier alpha value is -3.62. The topological polar surface area (TPSA) is 117 Å². The highest BCUT2D eigenvalue weighted by molar-refractivity contribution is 5.94. The van der Waals surface area contributed by atoms with E-state index in [1.807, 2.05) is 12.1 Å². The molecule has 0 spiro atoms. The summed E-state index contributed by atoms with van der Waals surface area (Å²) in [6.45, 7) is 1.03. The first-order valence-corrected chi connectivity index (χ1v) is 9.04. The number of hydrogen-bond donors (Lipinski definition) is 2. The van der Waals surface area contributed by atoms with Crippen LogP contribution in [0.3, 0.4) is 0 Å². The van der Waals surface area contributed by atoms with Crippen LogP contribution in [0.2, 0.25) is 0 Å². The summed E-state index contributed by atoms with van der Waals surface area (Å²) < 4.78 is 0. The maximum Gasteiger partial charge on any atom is 0.271 e. The summed E-state index contributed by atoms with van der Waals surface area (Å²) in [7, 11) is 0. The Balaban J connectivity index is 1.34. The lowest BCUT2D eigenvalue weighted by atomic mass is 9.95. The lowest BCUT2D eigenvalue weighted by Gasteiger charge is -2.30. The fourth-order valence-electron chi connectivity index (χ4n) is 3.21. The van der Waals surface area contributed by atoms with Crippen LogP contribution in [-0.2, 0) is 4.79 Å². The minimum atomic E-state index is -0.153. The predicted octanol–water partition coefficient (Wildman–Crippen LogP) is 1.75. The Morgan fingerprint density at radius 3 is 2.61 bits per heavy atom. The molecule has 28 heavy (non-hydrogen) atoms. The van der Waals surface area contributed by atoms with Crippen molar-refractivity contribution in [2.75, 3.05) is 18.4 Å². The molecule has 4 rings (SSSR count). The fraction of sp³-hybridized carbons (Fsp3) is 0.263. The molecule has 0 aromatic carbocycles. The van der Waals surface area contributed by atoms with E-state index in [9.17, 15) is 9.59 Å². The van der Waals surface area contributed by atoms with Crippen LogP contribution >= 0.6 is 0 Å². The van der Waals surface area contributed by atoms with Crippen LogP contribution in [0, 0.1) is 5.92 Å². The van der Waals surface area contributed by atoms with Crippen LogP contribution in [0.1, 0.15) is 23.3 Å². The molecule has 2 N–H and O–H groups in total. The number of anilines is 1. The Kier molecular flexibility index (Phi) is 5.05. The van der Waals surface area contributed by atoms with Gasteiger partial charge in [0.15, 0.2) is 5.82 Å². The molecule has 9 heteroatoms. The van der Waals surface area contributed by atoms with Crippen molar-refractivity contribution in [2.24, 2.45) is 5.92 Å². The number of aromatic nitrogens is 5. The summed E-state index contributed by atoms with van der Waals surface area (Å²) in [6, 6.07) is 8.83. The molecule has 0 bridgehead atoms. The second-order valence-electron chi connectivity index (χ2n) is 6.57. The van der Waals surface area contributed by atoms with Gasteiger partial charge in [-0.15, -0.1) is 5.10 Å². The van der Waals surface area contributed by atoms with Crippen molar-refractivity contribution in [2.45, 2.75) is 12.8 Å². The van der Waals surface area contributed by atoms with E-state index < -0.39 is 0 Å². The number of carbonyl (C=O) groups excluding carboxylic acids is 2. The van der Waals surface area contributed by atoms with E-state index in [1.54, 1.807) is 41.7 Å². The molecule has 1 saturated heterocycles. The quantitative estimate of drug-likeness (QED) is 0.715. The lowest BCUT2D eigenvalue weighted by Crippen LogP contribution is -2.41. The van der Waals surface area contributed by atoms with Gasteiger partial charge in [-0.1, -0.05) is 0 Å². The molecule has 3 aromatic rings. The number of nitrogens with one attached hydrogen (secondary N) is 2. The molecule has 3 aromatic heterocycles. The van der Waals surface area contributed by atoms with Crippen LogP contribution in [-0.4, -0.2) is 55.2 Å². The van der Waals surface area contributed by atoms with Crippen LogP contribution in [0.4, 0.5) is 5.82 Å². The summed E-state index contributed by atoms with van der Waals surface area (Å²) in [5.41, 5.74) is 2.03. The van der Waals surface area contributed by atoms with Crippen molar-refractivity contribution in [3.63, 3.8) is 0 Å². The fourth-order valence-corrected chi connectivity index (χ4v) is 3.21. The van der Waals surface area contributed by atoms with Crippen molar-refractivity contribution < 1.29 is 9.59 Å². The first kappa shape index (κ1) is 17.8. The molecule has 142 valence electrons. The number of hydrogen-bond acceptors (Lipinski definition) is 6. The van der Waals surface area contributed by atoms with Gasteiger partial charge in [-0.2, -0.15) is 10.2 Å². The third kappa shape index (κ3) is 3.88. The van der Waals surface area contributed by atoms with Crippen molar-refractivity contribution in [3.05, 3.63) is 54.6 Å². The number of aromatic amines is 1. The molecule has 4 heterocycles. The van der Waals surface area contributed by atoms with E-state index in [4.69, 9.17) is 0 Å². The summed E-state index contributed by atoms with van der Waals surface area (Å²) in [6.07, 6.45) is 6.12. The summed E-state index contributed by atoms with van der Waals surface area (Å²) in [5, 5.41) is 17.4. The van der Waals surface area contributed by atoms with Gasteiger partial charge in [-0.3, -0.25) is 19.7 Å². The number of nitrogens with zero attached hydrogens (tertiary/aromatic N) is 5. The lowest BCUT2D eigenvalue weighted by molar-refractivity contribution is -0.121. The smallest absolute Gasteiger partial charge is 0.271 e. The normalized spacial score (nSPS) is 14.6. The molecular weight excluding hydrogens is 358 g/mol. The molecule has 1 fully saturated rings. The van der Waals surface area contributed by atoms with E-state index in [1.165, 1.54) is 0 Å². The van der Waals surface area contributed by atoms with E-state index in [0.717, 1.165) is 5.56 Å². The van der Waals surface area contributed by atoms with Crippen LogP contribution in [0.15, 0.2) is 48.9 Å². The van der Waals surface area contributed by atoms with E-state index in [-0.39, 0.29) is 17.7 Å². The highest BCUT2D eigenvalue weighted by Crippen LogP contribution is 2.22. The summed E-state index contributed by atoms with van der Waals surface area (Å²) in [5.74, 6) is 0.0852. The maximum absolute atomic E-state index is 12.7. The highest BCUT2D eigenvalue weighted by atomic mass is 16.2. The molecule has 0 saturated carbocycles. The number of pyridine rings is 1. The minimum absolute atomic E-state index is 0.0888. The first-order valence-electron chi connectivity index (χ1n) is 9.04. The largest absolute Gasteiger partial charge is 0.337 e. The number of H-pyrrole nitrogens is 1. The van der Waals surface area contributed by atoms with Crippen molar-refractivity contribution in [3.8, 4) is 11.3 Å². The van der Waals surface area contributed by atoms with E-state index in [2.05, 4.69) is 30.7 Å². The Morgan fingerprint density at radius 2 is 1.89 bits per heavy atom. The molecule has 1 aliphatic heterocycles. The highest BCUT2D eigenvalue weighted by Gasteiger charge is 2.28. The molecule has 9 nitrogen and oxygen atoms in total. The SMILES string of the molecule is O=C(Nc1cccnn1)C1CCN(C(=O)c2cc(-c3ccncc3)n[nH]2)CC1. The van der Waals surface area contributed by atoms with E-state index >= 15 is 0 Å². The predicted molar refractivity (Wildman–Crippen MR) is 101 cm³/mol. The van der Waals surface area contributed by atoms with Crippen LogP contribution in [0.25, 0.3) is 11.3 Å². The van der Waals surface area contributed by atoms with Crippen molar-refractivity contribution in [1.82, 2.24) is 30.3 Å². The zero-order chi connectivity index (χ0) is 19.3. The molecule has 0 unspecified atom stereocenters. The summed E-state index contributed by atoms with van der Waals surface area (Å²) >= 11 is 0. The van der Waals surface area contributed by atoms with Gasteiger partial charge in [0.25, 0.3) is 5.91 Å². The zero-order valence-electron chi connectivity index (χ0n) is 15.1. The molecule has 1 aliphatic rings. The van der Waals surface area contributed by atoms with Gasteiger partial charge in [0, 0.05) is 43.2 Å². The molecule has 0 radical (unpaired) electrons. The van der Waals surface area contributed by atoms with Gasteiger partial charge in [-0.25, -0.2) is 0 Å². The van der Waals surface area contributed by atoms with Gasteiger partial charge < -0.3 is 10.2 Å². The third-order valence-corrected chi connectivity index (χ3v) is 4.76. The maximum atomic E-state index is 12.7. The van der Waals surface area contributed by atoms with Gasteiger partial charge in [-0.05, 0) is 43.2 Å². The van der Waals surface area contributed by atoms with Crippen molar-refractivity contribution in [1.29, 1.82) is 0 Å². The van der Waals surface area contributed by atoms with Crippen LogP contribution in [0.5, 0.6) is 0 Å². The number of likely N-dealkylation sites (tertiary alicyclic amines) is 1. The van der Waals surface area contributed by atoms with Crippen molar-refractivity contribution >= 4 is 17.6 Å². The van der Waals surface area contributed by atoms with Crippen LogP contribution < -0.4 is 5.32 Å². The monoisotopic (exact) mass is 377 g/mol. The number of piperidine rings is 1. The standard InChI is InChI=1S/C19H19N7O2/c27-18(22-17-2-1-7-21-25-17)14-5-10-26(11-6-14)19(28)16-12-15(23-24-16)13-3-8-20-9-4-13/h1-4,7-9,12,14H,5-6,10-11H2,(H,23,24)(H,22,25,27). The molecule has 0 aliphatic carbocycles. The summed E-state index contributed by atoms with van der Waals surface area (Å²) in [4.78, 5) is 30.8. The minimum Gasteiger partial charge on any atom is -0.337 e. The number of carbonyl (C=O) groups is 2. The van der Waals surface area contributed by atoms with E-state index in [0.29, 0.717) is 43.1 Å². The van der Waals surface area contributed by atoms with Gasteiger partial charge >= 0.3 is 0 Å². The second kappa shape index (κ2) is 7.95. The van der Waals surface area contributed by atoms with Gasteiger partial charge in [0.05, 0.1) is 5.69 Å². The average Bonchev–Trinajstić information content (AvgIpc) is 3.25. The third-order valence-electron chi connectivity index (χ3n) is 4.76. The van der Waals surface area contributed by atoms with Gasteiger partial charge in [0.2, 0.25) is 5.91 Å². The second-order valence-corrected chi connectivity index (χ2v) is 6.57.